The van der Waals surface area contributed by atoms with Crippen LogP contribution in [0.3, 0.4) is 0 Å². The second kappa shape index (κ2) is 9.26. The number of benzene rings is 2. The molecule has 0 amide bonds. The van der Waals surface area contributed by atoms with Crippen LogP contribution in [0.4, 0.5) is 0 Å². The summed E-state index contributed by atoms with van der Waals surface area (Å²) in [6.45, 7) is 3.60. The van der Waals surface area contributed by atoms with Gasteiger partial charge in [0.1, 0.15) is 11.5 Å². The third-order valence-corrected chi connectivity index (χ3v) is 6.21. The maximum atomic E-state index is 12.6. The van der Waals surface area contributed by atoms with E-state index in [4.69, 9.17) is 9.15 Å². The van der Waals surface area contributed by atoms with Gasteiger partial charge >= 0.3 is 5.97 Å². The number of rotatable bonds is 8. The number of esters is 1. The number of aromatic nitrogens is 1. The molecule has 0 aliphatic heterocycles. The molecule has 7 nitrogen and oxygen atoms in total. The van der Waals surface area contributed by atoms with Crippen LogP contribution in [-0.4, -0.2) is 38.0 Å². The number of carbonyl (C=O) groups is 2. The van der Waals surface area contributed by atoms with Crippen molar-refractivity contribution < 1.29 is 27.2 Å². The van der Waals surface area contributed by atoms with Gasteiger partial charge in [-0.2, -0.15) is 0 Å². The van der Waals surface area contributed by atoms with Gasteiger partial charge in [0.15, 0.2) is 15.6 Å². The first kappa shape index (κ1) is 22.4. The molecule has 0 unspecified atom stereocenters. The number of hydrogen-bond acceptors (Lipinski definition) is 7. The van der Waals surface area contributed by atoms with Crippen molar-refractivity contribution in [2.75, 3.05) is 12.9 Å². The van der Waals surface area contributed by atoms with E-state index in [9.17, 15) is 18.0 Å². The van der Waals surface area contributed by atoms with Crippen molar-refractivity contribution >= 4 is 21.6 Å². The molecular formula is C23H23NO6S. The average molecular weight is 442 g/mol. The van der Waals surface area contributed by atoms with E-state index in [1.165, 1.54) is 13.2 Å². The lowest BCUT2D eigenvalue weighted by atomic mass is 10.0. The molecule has 0 bridgehead atoms. The van der Waals surface area contributed by atoms with Crippen molar-refractivity contribution in [3.05, 3.63) is 76.7 Å². The second-order valence-electron chi connectivity index (χ2n) is 7.28. The predicted octanol–water partition coefficient (Wildman–Crippen LogP) is 3.47. The number of hydrogen-bond donors (Lipinski definition) is 0. The molecule has 0 atom stereocenters. The van der Waals surface area contributed by atoms with E-state index in [-0.39, 0.29) is 17.7 Å². The SMILES string of the molecule is COC(=O)c1ccccc1CC(=O)CS(=O)(=O)Cc1nc(-c2ccc(C)cc2)oc1C. The first-order valence-electron chi connectivity index (χ1n) is 9.60. The number of oxazole rings is 1. The Hall–Kier alpha value is -3.26. The zero-order valence-electron chi connectivity index (χ0n) is 17.5. The summed E-state index contributed by atoms with van der Waals surface area (Å²) in [6, 6.07) is 14.0. The molecule has 1 heterocycles. The molecule has 31 heavy (non-hydrogen) atoms. The fourth-order valence-corrected chi connectivity index (χ4v) is 4.51. The second-order valence-corrected chi connectivity index (χ2v) is 9.35. The molecule has 0 N–H and O–H groups in total. The lowest BCUT2D eigenvalue weighted by Gasteiger charge is -2.07. The third kappa shape index (κ3) is 5.67. The Labute approximate surface area is 181 Å². The summed E-state index contributed by atoms with van der Waals surface area (Å²) in [5, 5.41) is 0. The molecular weight excluding hydrogens is 418 g/mol. The van der Waals surface area contributed by atoms with Gasteiger partial charge in [-0.15, -0.1) is 0 Å². The zero-order valence-corrected chi connectivity index (χ0v) is 18.4. The highest BCUT2D eigenvalue weighted by atomic mass is 32.2. The summed E-state index contributed by atoms with van der Waals surface area (Å²) >= 11 is 0. The number of sulfone groups is 1. The van der Waals surface area contributed by atoms with Gasteiger partial charge in [0, 0.05) is 12.0 Å². The molecule has 0 spiro atoms. The number of aryl methyl sites for hydroxylation is 2. The molecule has 3 aromatic rings. The predicted molar refractivity (Wildman–Crippen MR) is 115 cm³/mol. The summed E-state index contributed by atoms with van der Waals surface area (Å²) in [5.74, 6) is -1.43. The largest absolute Gasteiger partial charge is 0.465 e. The van der Waals surface area contributed by atoms with Gasteiger partial charge in [-0.3, -0.25) is 4.79 Å². The standard InChI is InChI=1S/C23H23NO6S/c1-15-8-10-17(11-9-15)22-24-21(16(2)30-22)14-31(27,28)13-19(25)12-18-6-4-5-7-20(18)23(26)29-3/h4-11H,12-14H2,1-3H3. The topological polar surface area (TPSA) is 104 Å². The lowest BCUT2D eigenvalue weighted by Crippen LogP contribution is -2.21. The van der Waals surface area contributed by atoms with Crippen molar-refractivity contribution in [3.63, 3.8) is 0 Å². The average Bonchev–Trinajstić information content (AvgIpc) is 3.07. The zero-order chi connectivity index (χ0) is 22.6. The Morgan fingerprint density at radius 3 is 2.39 bits per heavy atom. The van der Waals surface area contributed by atoms with Crippen LogP contribution in [0.5, 0.6) is 0 Å². The highest BCUT2D eigenvalue weighted by molar-refractivity contribution is 7.91. The van der Waals surface area contributed by atoms with Crippen molar-refractivity contribution in [3.8, 4) is 11.5 Å². The summed E-state index contributed by atoms with van der Waals surface area (Å²) < 4.78 is 35.6. The summed E-state index contributed by atoms with van der Waals surface area (Å²) in [4.78, 5) is 28.6. The monoisotopic (exact) mass is 441 g/mol. The van der Waals surface area contributed by atoms with Crippen LogP contribution in [0.2, 0.25) is 0 Å². The maximum Gasteiger partial charge on any atom is 0.338 e. The Balaban J connectivity index is 1.72. The number of Topliss-reactive ketones (excluding diaryl/α,β-unsaturated/α-hetero) is 1. The van der Waals surface area contributed by atoms with Gasteiger partial charge in [-0.05, 0) is 37.6 Å². The highest BCUT2D eigenvalue weighted by Crippen LogP contribution is 2.23. The quantitative estimate of drug-likeness (QED) is 0.493. The van der Waals surface area contributed by atoms with E-state index in [2.05, 4.69) is 4.98 Å². The van der Waals surface area contributed by atoms with Gasteiger partial charge in [-0.25, -0.2) is 18.2 Å². The minimum Gasteiger partial charge on any atom is -0.465 e. The van der Waals surface area contributed by atoms with Crippen molar-refractivity contribution in [1.82, 2.24) is 4.98 Å². The highest BCUT2D eigenvalue weighted by Gasteiger charge is 2.23. The molecule has 162 valence electrons. The van der Waals surface area contributed by atoms with E-state index in [0.29, 0.717) is 17.2 Å². The van der Waals surface area contributed by atoms with Gasteiger partial charge in [0.05, 0.1) is 24.1 Å². The van der Waals surface area contributed by atoms with E-state index < -0.39 is 33.1 Å². The minimum atomic E-state index is -3.78. The first-order chi connectivity index (χ1) is 14.7. The number of nitrogens with zero attached hydrogens (tertiary/aromatic N) is 1. The van der Waals surface area contributed by atoms with Gasteiger partial charge in [-0.1, -0.05) is 35.9 Å². The number of ether oxygens (including phenoxy) is 1. The fourth-order valence-electron chi connectivity index (χ4n) is 3.13. The van der Waals surface area contributed by atoms with E-state index >= 15 is 0 Å². The van der Waals surface area contributed by atoms with Gasteiger partial charge in [0.2, 0.25) is 5.89 Å². The van der Waals surface area contributed by atoms with Crippen LogP contribution < -0.4 is 0 Å². The molecule has 3 rings (SSSR count). The Bertz CT molecular complexity index is 1210. The van der Waals surface area contributed by atoms with Crippen molar-refractivity contribution in [2.24, 2.45) is 0 Å². The Morgan fingerprint density at radius 2 is 1.71 bits per heavy atom. The summed E-state index contributed by atoms with van der Waals surface area (Å²) in [7, 11) is -2.53. The van der Waals surface area contributed by atoms with E-state index in [0.717, 1.165) is 11.1 Å². The smallest absolute Gasteiger partial charge is 0.338 e. The normalized spacial score (nSPS) is 11.3. The lowest BCUT2D eigenvalue weighted by molar-refractivity contribution is -0.116. The fraction of sp³-hybridized carbons (Fsp3) is 0.261. The van der Waals surface area contributed by atoms with Crippen LogP contribution >= 0.6 is 0 Å². The Kier molecular flexibility index (Phi) is 6.70. The molecule has 0 fully saturated rings. The molecule has 0 radical (unpaired) electrons. The maximum absolute atomic E-state index is 12.6. The van der Waals surface area contributed by atoms with E-state index in [1.54, 1.807) is 25.1 Å². The Morgan fingerprint density at radius 1 is 1.03 bits per heavy atom. The first-order valence-corrected chi connectivity index (χ1v) is 11.4. The van der Waals surface area contributed by atoms with Crippen molar-refractivity contribution in [2.45, 2.75) is 26.0 Å². The van der Waals surface area contributed by atoms with Crippen LogP contribution in [0, 0.1) is 13.8 Å². The third-order valence-electron chi connectivity index (χ3n) is 4.74. The molecule has 1 aromatic heterocycles. The minimum absolute atomic E-state index is 0.184. The van der Waals surface area contributed by atoms with E-state index in [1.807, 2.05) is 31.2 Å². The van der Waals surface area contributed by atoms with Crippen LogP contribution in [0.15, 0.2) is 52.9 Å². The van der Waals surface area contributed by atoms with Crippen LogP contribution in [-0.2, 0) is 31.5 Å². The number of ketones is 1. The molecule has 0 saturated carbocycles. The molecule has 2 aromatic carbocycles. The number of methoxy groups -OCH3 is 1. The summed E-state index contributed by atoms with van der Waals surface area (Å²) in [6.07, 6.45) is -0.184. The molecule has 0 saturated heterocycles. The van der Waals surface area contributed by atoms with Gasteiger partial charge < -0.3 is 9.15 Å². The molecule has 0 aliphatic carbocycles. The summed E-state index contributed by atoms with van der Waals surface area (Å²) in [5.41, 5.74) is 2.77. The van der Waals surface area contributed by atoms with Crippen LogP contribution in [0.25, 0.3) is 11.5 Å². The molecule has 8 heteroatoms. The van der Waals surface area contributed by atoms with Gasteiger partial charge in [0.25, 0.3) is 0 Å². The van der Waals surface area contributed by atoms with Crippen LogP contribution in [0.1, 0.15) is 32.9 Å². The number of carbonyl (C=O) groups excluding carboxylic acids is 2. The molecule has 0 aliphatic rings. The van der Waals surface area contributed by atoms with Crippen molar-refractivity contribution in [1.29, 1.82) is 0 Å².